The van der Waals surface area contributed by atoms with E-state index in [9.17, 15) is 22.8 Å². The van der Waals surface area contributed by atoms with Gasteiger partial charge in [0.15, 0.2) is 0 Å². The summed E-state index contributed by atoms with van der Waals surface area (Å²) in [7, 11) is 0. The molecule has 1 aliphatic rings. The predicted octanol–water partition coefficient (Wildman–Crippen LogP) is 2.30. The summed E-state index contributed by atoms with van der Waals surface area (Å²) in [6.45, 7) is 3.72. The third kappa shape index (κ3) is 3.82. The lowest BCUT2D eigenvalue weighted by Crippen LogP contribution is -2.47. The molecule has 1 aromatic rings. The van der Waals surface area contributed by atoms with Crippen molar-refractivity contribution in [3.8, 4) is 0 Å². The van der Waals surface area contributed by atoms with E-state index in [4.69, 9.17) is 0 Å². The molecule has 2 N–H and O–H groups in total. The van der Waals surface area contributed by atoms with Crippen LogP contribution in [0.15, 0.2) is 24.3 Å². The van der Waals surface area contributed by atoms with Gasteiger partial charge in [0.05, 0.1) is 11.6 Å². The average Bonchev–Trinajstić information content (AvgIpc) is 2.91. The Morgan fingerprint density at radius 1 is 1.30 bits per heavy atom. The number of hydrogen-bond donors (Lipinski definition) is 2. The summed E-state index contributed by atoms with van der Waals surface area (Å²) in [6.07, 6.45) is -4.46. The molecule has 2 atom stereocenters. The minimum atomic E-state index is -4.46. The number of alkyl halides is 3. The molecular formula is C15H18F3N3O2. The van der Waals surface area contributed by atoms with Crippen LogP contribution in [0.4, 0.5) is 18.0 Å². The topological polar surface area (TPSA) is 61.4 Å². The minimum absolute atomic E-state index is 0.0607. The number of urea groups is 1. The molecule has 0 aliphatic carbocycles. The highest BCUT2D eigenvalue weighted by Gasteiger charge is 2.35. The van der Waals surface area contributed by atoms with Gasteiger partial charge in [0.2, 0.25) is 5.91 Å². The van der Waals surface area contributed by atoms with E-state index in [1.807, 2.05) is 0 Å². The number of nitrogens with one attached hydrogen (secondary N) is 2. The zero-order valence-corrected chi connectivity index (χ0v) is 12.8. The van der Waals surface area contributed by atoms with Gasteiger partial charge in [0, 0.05) is 19.1 Å². The molecule has 0 saturated carbocycles. The van der Waals surface area contributed by atoms with Crippen molar-refractivity contribution in [2.75, 3.05) is 13.1 Å². The van der Waals surface area contributed by atoms with Crippen molar-refractivity contribution >= 4 is 11.9 Å². The third-order valence-electron chi connectivity index (χ3n) is 3.73. The maximum Gasteiger partial charge on any atom is 0.416 e. The fourth-order valence-corrected chi connectivity index (χ4v) is 2.58. The van der Waals surface area contributed by atoms with Gasteiger partial charge in [-0.05, 0) is 25.5 Å². The molecule has 0 radical (unpaired) electrons. The number of rotatable bonds is 4. The standard InChI is InChI=1S/C15H18F3N3O2/c1-9(11-5-3-4-6-12(11)15(16,17)18)20-10(2)13(22)21-8-7-19-14(21)23/h3-6,9-10,20H,7-8H2,1-2H3,(H,19,23)/t9-,10+/m1/s1. The summed E-state index contributed by atoms with van der Waals surface area (Å²) in [5.41, 5.74) is -0.677. The second kappa shape index (κ2) is 6.57. The largest absolute Gasteiger partial charge is 0.416 e. The van der Waals surface area contributed by atoms with Crippen molar-refractivity contribution in [2.24, 2.45) is 0 Å². The molecule has 8 heteroatoms. The summed E-state index contributed by atoms with van der Waals surface area (Å²) < 4.78 is 39.1. The van der Waals surface area contributed by atoms with Gasteiger partial charge in [-0.15, -0.1) is 0 Å². The van der Waals surface area contributed by atoms with E-state index in [1.165, 1.54) is 25.1 Å². The van der Waals surface area contributed by atoms with Crippen LogP contribution < -0.4 is 10.6 Å². The summed E-state index contributed by atoms with van der Waals surface area (Å²) in [5, 5.41) is 5.34. The number of carbonyl (C=O) groups excluding carboxylic acids is 2. The molecule has 5 nitrogen and oxygen atoms in total. The lowest BCUT2D eigenvalue weighted by Gasteiger charge is -2.24. The van der Waals surface area contributed by atoms with Crippen LogP contribution in [0, 0.1) is 0 Å². The molecule has 1 aromatic carbocycles. The van der Waals surface area contributed by atoms with Crippen LogP contribution in [-0.2, 0) is 11.0 Å². The van der Waals surface area contributed by atoms with Gasteiger partial charge in [-0.3, -0.25) is 15.0 Å². The van der Waals surface area contributed by atoms with Gasteiger partial charge in [-0.2, -0.15) is 13.2 Å². The van der Waals surface area contributed by atoms with Gasteiger partial charge in [0.25, 0.3) is 0 Å². The van der Waals surface area contributed by atoms with Crippen molar-refractivity contribution < 1.29 is 22.8 Å². The summed E-state index contributed by atoms with van der Waals surface area (Å²) in [5.74, 6) is -0.462. The van der Waals surface area contributed by atoms with Crippen molar-refractivity contribution in [1.82, 2.24) is 15.5 Å². The quantitative estimate of drug-likeness (QED) is 0.891. The third-order valence-corrected chi connectivity index (χ3v) is 3.73. The van der Waals surface area contributed by atoms with Crippen molar-refractivity contribution in [3.05, 3.63) is 35.4 Å². The van der Waals surface area contributed by atoms with Gasteiger partial charge < -0.3 is 5.32 Å². The Labute approximate surface area is 131 Å². The summed E-state index contributed by atoms with van der Waals surface area (Å²) >= 11 is 0. The Morgan fingerprint density at radius 3 is 2.52 bits per heavy atom. The van der Waals surface area contributed by atoms with Crippen molar-refractivity contribution in [3.63, 3.8) is 0 Å². The number of hydrogen-bond acceptors (Lipinski definition) is 3. The molecule has 0 aromatic heterocycles. The van der Waals surface area contributed by atoms with Crippen LogP contribution in [0.3, 0.4) is 0 Å². The van der Waals surface area contributed by atoms with Gasteiger partial charge in [-0.25, -0.2) is 4.79 Å². The summed E-state index contributed by atoms with van der Waals surface area (Å²) in [4.78, 5) is 24.7. The molecule has 1 saturated heterocycles. The molecule has 1 heterocycles. The monoisotopic (exact) mass is 329 g/mol. The van der Waals surface area contributed by atoms with E-state index in [2.05, 4.69) is 10.6 Å². The van der Waals surface area contributed by atoms with Crippen LogP contribution in [-0.4, -0.2) is 36.0 Å². The van der Waals surface area contributed by atoms with E-state index in [1.54, 1.807) is 6.92 Å². The van der Waals surface area contributed by atoms with Crippen LogP contribution in [0.2, 0.25) is 0 Å². The highest BCUT2D eigenvalue weighted by molar-refractivity contribution is 5.98. The van der Waals surface area contributed by atoms with Crippen molar-refractivity contribution in [2.45, 2.75) is 32.1 Å². The van der Waals surface area contributed by atoms with Crippen LogP contribution in [0.25, 0.3) is 0 Å². The second-order valence-corrected chi connectivity index (χ2v) is 5.42. The predicted molar refractivity (Wildman–Crippen MR) is 77.6 cm³/mol. The van der Waals surface area contributed by atoms with Crippen LogP contribution >= 0.6 is 0 Å². The highest BCUT2D eigenvalue weighted by atomic mass is 19.4. The SMILES string of the molecule is C[C@H](N[C@H](C)c1ccccc1C(F)(F)F)C(=O)N1CCNC1=O. The number of amides is 3. The Balaban J connectivity index is 2.11. The zero-order valence-electron chi connectivity index (χ0n) is 12.8. The molecule has 0 spiro atoms. The molecule has 2 rings (SSSR count). The first-order valence-corrected chi connectivity index (χ1v) is 7.23. The molecule has 3 amide bonds. The molecule has 126 valence electrons. The Bertz CT molecular complexity index is 604. The number of imide groups is 1. The highest BCUT2D eigenvalue weighted by Crippen LogP contribution is 2.34. The fraction of sp³-hybridized carbons (Fsp3) is 0.467. The maximum absolute atomic E-state index is 13.0. The van der Waals surface area contributed by atoms with Crippen LogP contribution in [0.1, 0.15) is 31.0 Å². The lowest BCUT2D eigenvalue weighted by molar-refractivity contribution is -0.138. The maximum atomic E-state index is 13.0. The second-order valence-electron chi connectivity index (χ2n) is 5.42. The molecule has 0 unspecified atom stereocenters. The fourth-order valence-electron chi connectivity index (χ4n) is 2.58. The Morgan fingerprint density at radius 2 is 1.96 bits per heavy atom. The van der Waals surface area contributed by atoms with Gasteiger partial charge >= 0.3 is 12.2 Å². The molecule has 0 bridgehead atoms. The van der Waals surface area contributed by atoms with Crippen molar-refractivity contribution in [1.29, 1.82) is 0 Å². The molecular weight excluding hydrogens is 311 g/mol. The molecule has 1 fully saturated rings. The normalized spacial score (nSPS) is 17.8. The number of halogens is 3. The summed E-state index contributed by atoms with van der Waals surface area (Å²) in [6, 6.07) is 3.26. The average molecular weight is 329 g/mol. The van der Waals surface area contributed by atoms with Crippen LogP contribution in [0.5, 0.6) is 0 Å². The number of nitrogens with zero attached hydrogens (tertiary/aromatic N) is 1. The minimum Gasteiger partial charge on any atom is -0.336 e. The number of benzene rings is 1. The first-order valence-electron chi connectivity index (χ1n) is 7.23. The first-order chi connectivity index (χ1) is 10.7. The first kappa shape index (κ1) is 17.3. The number of carbonyl (C=O) groups is 2. The van der Waals surface area contributed by atoms with E-state index in [0.717, 1.165) is 11.0 Å². The van der Waals surface area contributed by atoms with E-state index in [0.29, 0.717) is 6.54 Å². The molecule has 1 aliphatic heterocycles. The van der Waals surface area contributed by atoms with Gasteiger partial charge in [-0.1, -0.05) is 18.2 Å². The van der Waals surface area contributed by atoms with E-state index in [-0.39, 0.29) is 12.1 Å². The van der Waals surface area contributed by atoms with E-state index >= 15 is 0 Å². The smallest absolute Gasteiger partial charge is 0.336 e. The van der Waals surface area contributed by atoms with E-state index < -0.39 is 35.8 Å². The zero-order chi connectivity index (χ0) is 17.2. The Hall–Kier alpha value is -2.09. The Kier molecular flexibility index (Phi) is 4.93. The van der Waals surface area contributed by atoms with Gasteiger partial charge in [0.1, 0.15) is 0 Å². The lowest BCUT2D eigenvalue weighted by atomic mass is 10.0. The molecule has 23 heavy (non-hydrogen) atoms.